The Morgan fingerprint density at radius 2 is 1.82 bits per heavy atom. The molecule has 0 radical (unpaired) electrons. The standard InChI is InChI=1S/C18H17BrO3/c1-2-3-14-17(21)11-9-15(18(14)22)16(20)10-6-12-4-7-13(19)8-5-12/h4-11,21-22H,2-3H2,1H3/b10-6+. The number of aromatic hydroxyl groups is 2. The lowest BCUT2D eigenvalue weighted by molar-refractivity contribution is 0.104. The number of halogens is 1. The number of benzene rings is 2. The van der Waals surface area contributed by atoms with Crippen LogP contribution in [0.5, 0.6) is 11.5 Å². The highest BCUT2D eigenvalue weighted by Crippen LogP contribution is 2.32. The summed E-state index contributed by atoms with van der Waals surface area (Å²) in [6.07, 6.45) is 4.41. The SMILES string of the molecule is CCCc1c(O)ccc(C(=O)/C=C/c2ccc(Br)cc2)c1O. The van der Waals surface area contributed by atoms with Crippen LogP contribution >= 0.6 is 15.9 Å². The van der Waals surface area contributed by atoms with Gasteiger partial charge in [-0.15, -0.1) is 0 Å². The first-order valence-corrected chi connectivity index (χ1v) is 7.84. The van der Waals surface area contributed by atoms with Gasteiger partial charge in [0, 0.05) is 10.0 Å². The lowest BCUT2D eigenvalue weighted by atomic mass is 10.0. The van der Waals surface area contributed by atoms with Crippen LogP contribution in [0.4, 0.5) is 0 Å². The quantitative estimate of drug-likeness (QED) is 0.599. The first-order valence-electron chi connectivity index (χ1n) is 7.04. The highest BCUT2D eigenvalue weighted by Gasteiger charge is 2.15. The molecule has 0 aliphatic carbocycles. The smallest absolute Gasteiger partial charge is 0.189 e. The van der Waals surface area contributed by atoms with Crippen molar-refractivity contribution < 1.29 is 15.0 Å². The summed E-state index contributed by atoms with van der Waals surface area (Å²) in [5, 5.41) is 20.0. The topological polar surface area (TPSA) is 57.5 Å². The molecule has 0 heterocycles. The Balaban J connectivity index is 2.26. The molecule has 0 amide bonds. The van der Waals surface area contributed by atoms with Gasteiger partial charge in [0.2, 0.25) is 0 Å². The third kappa shape index (κ3) is 3.77. The molecule has 114 valence electrons. The van der Waals surface area contributed by atoms with Crippen molar-refractivity contribution in [3.63, 3.8) is 0 Å². The van der Waals surface area contributed by atoms with Gasteiger partial charge in [0.25, 0.3) is 0 Å². The Bertz CT molecular complexity index is 703. The zero-order valence-corrected chi connectivity index (χ0v) is 13.8. The zero-order chi connectivity index (χ0) is 16.1. The summed E-state index contributed by atoms with van der Waals surface area (Å²) in [5.41, 5.74) is 1.52. The Hall–Kier alpha value is -2.07. The number of phenols is 2. The molecule has 2 rings (SSSR count). The number of rotatable bonds is 5. The molecule has 0 saturated heterocycles. The van der Waals surface area contributed by atoms with E-state index in [2.05, 4.69) is 15.9 Å². The second-order valence-corrected chi connectivity index (χ2v) is 5.87. The second-order valence-electron chi connectivity index (χ2n) is 4.96. The van der Waals surface area contributed by atoms with E-state index in [-0.39, 0.29) is 22.8 Å². The maximum Gasteiger partial charge on any atom is 0.189 e. The number of hydrogen-bond acceptors (Lipinski definition) is 3. The summed E-state index contributed by atoms with van der Waals surface area (Å²) in [6.45, 7) is 1.95. The summed E-state index contributed by atoms with van der Waals surface area (Å²) in [4.78, 5) is 12.2. The Labute approximate surface area is 138 Å². The van der Waals surface area contributed by atoms with E-state index < -0.39 is 0 Å². The summed E-state index contributed by atoms with van der Waals surface area (Å²) in [5.74, 6) is -0.405. The molecule has 0 atom stereocenters. The van der Waals surface area contributed by atoms with E-state index >= 15 is 0 Å². The predicted octanol–water partition coefficient (Wildman–Crippen LogP) is 4.71. The van der Waals surface area contributed by atoms with Crippen molar-refractivity contribution in [2.75, 3.05) is 0 Å². The van der Waals surface area contributed by atoms with Crippen molar-refractivity contribution in [1.82, 2.24) is 0 Å². The predicted molar refractivity (Wildman–Crippen MR) is 91.3 cm³/mol. The van der Waals surface area contributed by atoms with Gasteiger partial charge in [-0.05, 0) is 42.3 Å². The molecule has 2 N–H and O–H groups in total. The summed E-state index contributed by atoms with van der Waals surface area (Å²) < 4.78 is 0.969. The van der Waals surface area contributed by atoms with Gasteiger partial charge < -0.3 is 10.2 Å². The molecule has 0 aliphatic rings. The fourth-order valence-electron chi connectivity index (χ4n) is 2.16. The number of ketones is 1. The molecule has 0 aromatic heterocycles. The summed E-state index contributed by atoms with van der Waals surface area (Å²) in [7, 11) is 0. The maximum atomic E-state index is 12.2. The van der Waals surface area contributed by atoms with Crippen LogP contribution in [0.1, 0.15) is 34.8 Å². The van der Waals surface area contributed by atoms with Gasteiger partial charge in [-0.3, -0.25) is 4.79 Å². The van der Waals surface area contributed by atoms with Crippen LogP contribution in [-0.2, 0) is 6.42 Å². The third-order valence-corrected chi connectivity index (χ3v) is 3.85. The van der Waals surface area contributed by atoms with Crippen molar-refractivity contribution in [3.8, 4) is 11.5 Å². The highest BCUT2D eigenvalue weighted by molar-refractivity contribution is 9.10. The fourth-order valence-corrected chi connectivity index (χ4v) is 2.42. The minimum absolute atomic E-state index is 0.0211. The van der Waals surface area contributed by atoms with Crippen LogP contribution in [0.3, 0.4) is 0 Å². The largest absolute Gasteiger partial charge is 0.508 e. The number of carbonyl (C=O) groups excluding carboxylic acids is 1. The van der Waals surface area contributed by atoms with Crippen LogP contribution in [0.15, 0.2) is 46.9 Å². The van der Waals surface area contributed by atoms with E-state index in [1.54, 1.807) is 6.08 Å². The van der Waals surface area contributed by atoms with Gasteiger partial charge >= 0.3 is 0 Å². The normalized spacial score (nSPS) is 11.0. The number of allylic oxidation sites excluding steroid dienone is 1. The zero-order valence-electron chi connectivity index (χ0n) is 12.2. The highest BCUT2D eigenvalue weighted by atomic mass is 79.9. The first-order chi connectivity index (χ1) is 10.5. The van der Waals surface area contributed by atoms with Crippen molar-refractivity contribution in [3.05, 3.63) is 63.6 Å². The van der Waals surface area contributed by atoms with Gasteiger partial charge in [0.05, 0.1) is 5.56 Å². The van der Waals surface area contributed by atoms with Gasteiger partial charge in [-0.1, -0.05) is 47.5 Å². The maximum absolute atomic E-state index is 12.2. The van der Waals surface area contributed by atoms with Crippen LogP contribution in [0, 0.1) is 0 Å². The summed E-state index contributed by atoms with van der Waals surface area (Å²) in [6, 6.07) is 10.4. The van der Waals surface area contributed by atoms with Crippen molar-refractivity contribution in [1.29, 1.82) is 0 Å². The van der Waals surface area contributed by atoms with Gasteiger partial charge in [0.1, 0.15) is 11.5 Å². The summed E-state index contributed by atoms with van der Waals surface area (Å²) >= 11 is 3.35. The Morgan fingerprint density at radius 1 is 1.14 bits per heavy atom. The average Bonchev–Trinajstić information content (AvgIpc) is 2.50. The molecule has 22 heavy (non-hydrogen) atoms. The molecule has 3 nitrogen and oxygen atoms in total. The first kappa shape index (κ1) is 16.3. The van der Waals surface area contributed by atoms with Crippen LogP contribution in [0.25, 0.3) is 6.08 Å². The molecule has 4 heteroatoms. The average molecular weight is 361 g/mol. The van der Waals surface area contributed by atoms with Crippen molar-refractivity contribution in [2.24, 2.45) is 0 Å². The molecule has 2 aromatic carbocycles. The fraction of sp³-hybridized carbons (Fsp3) is 0.167. The van der Waals surface area contributed by atoms with E-state index in [4.69, 9.17) is 0 Å². The minimum atomic E-state index is -0.294. The van der Waals surface area contributed by atoms with E-state index in [0.717, 1.165) is 16.5 Å². The molecule has 0 saturated carbocycles. The van der Waals surface area contributed by atoms with Crippen molar-refractivity contribution >= 4 is 27.8 Å². The number of phenolic OH excluding ortho intramolecular Hbond substituents is 2. The molecule has 0 spiro atoms. The van der Waals surface area contributed by atoms with Crippen LogP contribution in [0.2, 0.25) is 0 Å². The molecular weight excluding hydrogens is 344 g/mol. The van der Waals surface area contributed by atoms with Gasteiger partial charge in [-0.2, -0.15) is 0 Å². The molecule has 2 aromatic rings. The molecule has 0 bridgehead atoms. The number of carbonyl (C=O) groups is 1. The molecule has 0 fully saturated rings. The molecular formula is C18H17BrO3. The van der Waals surface area contributed by atoms with Gasteiger partial charge in [0.15, 0.2) is 5.78 Å². The lowest BCUT2D eigenvalue weighted by Crippen LogP contribution is -1.98. The van der Waals surface area contributed by atoms with E-state index in [1.807, 2.05) is 31.2 Å². The van der Waals surface area contributed by atoms with Crippen LogP contribution < -0.4 is 0 Å². The molecule has 0 unspecified atom stereocenters. The second kappa shape index (κ2) is 7.27. The van der Waals surface area contributed by atoms with Gasteiger partial charge in [-0.25, -0.2) is 0 Å². The van der Waals surface area contributed by atoms with E-state index in [1.165, 1.54) is 18.2 Å². The van der Waals surface area contributed by atoms with E-state index in [9.17, 15) is 15.0 Å². The monoisotopic (exact) mass is 360 g/mol. The lowest BCUT2D eigenvalue weighted by Gasteiger charge is -2.09. The third-order valence-electron chi connectivity index (χ3n) is 3.32. The Morgan fingerprint density at radius 3 is 2.45 bits per heavy atom. The number of hydrogen-bond donors (Lipinski definition) is 2. The minimum Gasteiger partial charge on any atom is -0.508 e. The molecule has 0 aliphatic heterocycles. The van der Waals surface area contributed by atoms with E-state index in [0.29, 0.717) is 12.0 Å². The Kier molecular flexibility index (Phi) is 5.39. The van der Waals surface area contributed by atoms with Crippen LogP contribution in [-0.4, -0.2) is 16.0 Å². The van der Waals surface area contributed by atoms with Crippen molar-refractivity contribution in [2.45, 2.75) is 19.8 Å².